The minimum absolute atomic E-state index is 0.238. The normalized spacial score (nSPS) is 22.3. The number of hydrogen-bond acceptors (Lipinski definition) is 8. The molecular formula is C14H14N6O2. The molecule has 1 aromatic heterocycles. The molecule has 8 nitrogen and oxygen atoms in total. The van der Waals surface area contributed by atoms with Gasteiger partial charge in [-0.25, -0.2) is 4.99 Å². The van der Waals surface area contributed by atoms with E-state index in [9.17, 15) is 0 Å². The smallest absolute Gasteiger partial charge is 0.231 e. The highest BCUT2D eigenvalue weighted by Crippen LogP contribution is 2.35. The number of nitrogens with zero attached hydrogens (tertiary/aromatic N) is 2. The van der Waals surface area contributed by atoms with Gasteiger partial charge in [-0.2, -0.15) is 5.43 Å². The Labute approximate surface area is 126 Å². The standard InChI is InChI=1S/C14H14N6O2/c15-13-18-14(16,20-19-13)9-2-3-10(17-6-9)8-1-4-11-12(5-8)22-7-21-11/h1-6,20H,7,16H2,(H3,15,18,19). The zero-order chi connectivity index (χ0) is 15.2. The van der Waals surface area contributed by atoms with Gasteiger partial charge < -0.3 is 15.2 Å². The van der Waals surface area contributed by atoms with Crippen LogP contribution < -0.4 is 31.8 Å². The number of rotatable bonds is 2. The second kappa shape index (κ2) is 4.58. The molecule has 0 spiro atoms. The number of ether oxygens (including phenoxy) is 2. The number of guanidine groups is 1. The molecule has 3 heterocycles. The van der Waals surface area contributed by atoms with E-state index in [2.05, 4.69) is 20.8 Å². The summed E-state index contributed by atoms with van der Waals surface area (Å²) in [4.78, 5) is 8.55. The van der Waals surface area contributed by atoms with Gasteiger partial charge in [-0.05, 0) is 24.3 Å². The third-order valence-corrected chi connectivity index (χ3v) is 3.55. The average Bonchev–Trinajstić information content (AvgIpc) is 3.14. The summed E-state index contributed by atoms with van der Waals surface area (Å²) in [5, 5.41) is 0. The van der Waals surface area contributed by atoms with Crippen molar-refractivity contribution in [1.82, 2.24) is 15.8 Å². The second-order valence-corrected chi connectivity index (χ2v) is 5.01. The number of pyridine rings is 1. The topological polar surface area (TPSA) is 120 Å². The summed E-state index contributed by atoms with van der Waals surface area (Å²) in [5.74, 6) is 0.595. The van der Waals surface area contributed by atoms with E-state index in [1.165, 1.54) is 0 Å². The van der Waals surface area contributed by atoms with Crippen LogP contribution in [0.1, 0.15) is 5.56 Å². The molecule has 1 atom stereocenters. The highest BCUT2D eigenvalue weighted by Gasteiger charge is 2.31. The quantitative estimate of drug-likeness (QED) is 0.614. The van der Waals surface area contributed by atoms with E-state index < -0.39 is 5.79 Å². The lowest BCUT2D eigenvalue weighted by Crippen LogP contribution is -2.50. The van der Waals surface area contributed by atoms with E-state index in [-0.39, 0.29) is 12.8 Å². The zero-order valence-electron chi connectivity index (χ0n) is 11.5. The summed E-state index contributed by atoms with van der Waals surface area (Å²) in [5.41, 5.74) is 19.6. The molecule has 0 saturated heterocycles. The lowest BCUT2D eigenvalue weighted by molar-refractivity contribution is 0.174. The van der Waals surface area contributed by atoms with Crippen LogP contribution in [-0.4, -0.2) is 17.7 Å². The van der Waals surface area contributed by atoms with Crippen LogP contribution in [0.15, 0.2) is 41.5 Å². The maximum Gasteiger partial charge on any atom is 0.231 e. The molecule has 0 fully saturated rings. The van der Waals surface area contributed by atoms with Crippen molar-refractivity contribution in [1.29, 1.82) is 0 Å². The van der Waals surface area contributed by atoms with Crippen LogP contribution in [0.3, 0.4) is 0 Å². The fourth-order valence-electron chi connectivity index (χ4n) is 2.39. The summed E-state index contributed by atoms with van der Waals surface area (Å²) >= 11 is 0. The van der Waals surface area contributed by atoms with E-state index in [0.29, 0.717) is 5.56 Å². The Morgan fingerprint density at radius 2 is 2.00 bits per heavy atom. The molecule has 6 N–H and O–H groups in total. The summed E-state index contributed by atoms with van der Waals surface area (Å²) in [6.07, 6.45) is 1.66. The Kier molecular flexibility index (Phi) is 2.68. The first-order valence-electron chi connectivity index (χ1n) is 6.68. The van der Waals surface area contributed by atoms with Crippen molar-refractivity contribution in [2.45, 2.75) is 5.79 Å². The van der Waals surface area contributed by atoms with Crippen molar-refractivity contribution >= 4 is 5.96 Å². The van der Waals surface area contributed by atoms with Gasteiger partial charge in [0.25, 0.3) is 0 Å². The van der Waals surface area contributed by atoms with Crippen molar-refractivity contribution in [3.8, 4) is 22.8 Å². The summed E-state index contributed by atoms with van der Waals surface area (Å²) < 4.78 is 10.7. The number of nitrogens with one attached hydrogen (secondary N) is 2. The molecule has 2 aromatic rings. The average molecular weight is 298 g/mol. The largest absolute Gasteiger partial charge is 0.454 e. The van der Waals surface area contributed by atoms with Gasteiger partial charge in [-0.1, -0.05) is 6.07 Å². The number of nitrogens with two attached hydrogens (primary N) is 2. The lowest BCUT2D eigenvalue weighted by Gasteiger charge is -2.20. The van der Waals surface area contributed by atoms with Crippen molar-refractivity contribution < 1.29 is 9.47 Å². The molecule has 2 aliphatic heterocycles. The molecule has 4 rings (SSSR count). The van der Waals surface area contributed by atoms with Gasteiger partial charge in [-0.3, -0.25) is 16.1 Å². The summed E-state index contributed by atoms with van der Waals surface area (Å²) in [7, 11) is 0. The van der Waals surface area contributed by atoms with E-state index in [0.717, 1.165) is 22.8 Å². The van der Waals surface area contributed by atoms with Gasteiger partial charge in [-0.15, -0.1) is 0 Å². The Bertz CT molecular complexity index is 760. The van der Waals surface area contributed by atoms with Gasteiger partial charge in [0.05, 0.1) is 5.69 Å². The maximum absolute atomic E-state index is 6.12. The third kappa shape index (κ3) is 2.01. The minimum atomic E-state index is -1.11. The molecule has 2 aliphatic rings. The van der Waals surface area contributed by atoms with E-state index >= 15 is 0 Å². The third-order valence-electron chi connectivity index (χ3n) is 3.55. The number of aliphatic imine (C=N–C) groups is 1. The molecule has 0 bridgehead atoms. The number of hydrazine groups is 1. The Morgan fingerprint density at radius 3 is 2.73 bits per heavy atom. The Balaban J connectivity index is 1.65. The van der Waals surface area contributed by atoms with Crippen molar-refractivity contribution in [3.63, 3.8) is 0 Å². The number of aromatic nitrogens is 1. The summed E-state index contributed by atoms with van der Waals surface area (Å²) in [6, 6.07) is 9.41. The first-order chi connectivity index (χ1) is 10.6. The van der Waals surface area contributed by atoms with Gasteiger partial charge in [0, 0.05) is 17.3 Å². The van der Waals surface area contributed by atoms with E-state index in [1.807, 2.05) is 30.3 Å². The van der Waals surface area contributed by atoms with Crippen molar-refractivity contribution in [2.75, 3.05) is 6.79 Å². The van der Waals surface area contributed by atoms with Gasteiger partial charge in [0.1, 0.15) is 0 Å². The van der Waals surface area contributed by atoms with Crippen LogP contribution in [0.5, 0.6) is 11.5 Å². The molecule has 0 radical (unpaired) electrons. The first kappa shape index (κ1) is 12.9. The lowest BCUT2D eigenvalue weighted by atomic mass is 10.1. The number of benzene rings is 1. The van der Waals surface area contributed by atoms with Gasteiger partial charge in [0.2, 0.25) is 18.5 Å². The van der Waals surface area contributed by atoms with Crippen molar-refractivity contribution in [2.24, 2.45) is 16.5 Å². The molecule has 0 aliphatic carbocycles. The van der Waals surface area contributed by atoms with Crippen LogP contribution >= 0.6 is 0 Å². The van der Waals surface area contributed by atoms with Crippen LogP contribution in [0.2, 0.25) is 0 Å². The fourth-order valence-corrected chi connectivity index (χ4v) is 2.39. The SMILES string of the molecule is NC1=NC(N)(c2ccc(-c3ccc4c(c3)OCO4)nc2)NN1. The second-order valence-electron chi connectivity index (χ2n) is 5.01. The highest BCUT2D eigenvalue weighted by atomic mass is 16.7. The molecule has 8 heteroatoms. The van der Waals surface area contributed by atoms with Crippen molar-refractivity contribution in [3.05, 3.63) is 42.1 Å². The molecule has 1 unspecified atom stereocenters. The molecule has 1 aromatic carbocycles. The molecule has 0 amide bonds. The predicted octanol–water partition coefficient (Wildman–Crippen LogP) is -0.0312. The van der Waals surface area contributed by atoms with Crippen LogP contribution in [-0.2, 0) is 5.79 Å². The summed E-state index contributed by atoms with van der Waals surface area (Å²) in [6.45, 7) is 0.249. The molecule has 0 saturated carbocycles. The maximum atomic E-state index is 6.12. The van der Waals surface area contributed by atoms with Gasteiger partial charge in [0.15, 0.2) is 11.5 Å². The zero-order valence-corrected chi connectivity index (χ0v) is 11.5. The van der Waals surface area contributed by atoms with Crippen LogP contribution in [0, 0.1) is 0 Å². The molecule has 22 heavy (non-hydrogen) atoms. The van der Waals surface area contributed by atoms with Crippen LogP contribution in [0.4, 0.5) is 0 Å². The van der Waals surface area contributed by atoms with E-state index in [1.54, 1.807) is 6.20 Å². The Hall–Kier alpha value is -2.84. The molecule has 112 valence electrons. The predicted molar refractivity (Wildman–Crippen MR) is 79.6 cm³/mol. The van der Waals surface area contributed by atoms with E-state index in [4.69, 9.17) is 20.9 Å². The van der Waals surface area contributed by atoms with Crippen LogP contribution in [0.25, 0.3) is 11.3 Å². The first-order valence-corrected chi connectivity index (χ1v) is 6.68. The number of hydrogen-bond donors (Lipinski definition) is 4. The van der Waals surface area contributed by atoms with Gasteiger partial charge >= 0.3 is 0 Å². The fraction of sp³-hybridized carbons (Fsp3) is 0.143. The monoisotopic (exact) mass is 298 g/mol. The Morgan fingerprint density at radius 1 is 1.14 bits per heavy atom. The number of fused-ring (bicyclic) bond motifs is 1. The molecular weight excluding hydrogens is 284 g/mol. The minimum Gasteiger partial charge on any atom is -0.454 e. The highest BCUT2D eigenvalue weighted by molar-refractivity contribution is 5.79.